The smallest absolute Gasteiger partial charge is 0.0338 e. The Bertz CT molecular complexity index is 426. The van der Waals surface area contributed by atoms with Crippen molar-refractivity contribution in [3.8, 4) is 0 Å². The molecule has 0 bridgehead atoms. The maximum atomic E-state index is 3.86. The summed E-state index contributed by atoms with van der Waals surface area (Å²) >= 11 is 1.91. The van der Waals surface area contributed by atoms with Gasteiger partial charge in [-0.2, -0.15) is 0 Å². The van der Waals surface area contributed by atoms with Crippen molar-refractivity contribution in [2.24, 2.45) is 5.41 Å². The molecule has 3 rings (SSSR count). The van der Waals surface area contributed by atoms with E-state index in [-0.39, 0.29) is 0 Å². The van der Waals surface area contributed by atoms with Gasteiger partial charge in [-0.25, -0.2) is 0 Å². The van der Waals surface area contributed by atoms with E-state index in [1.165, 1.54) is 43.6 Å². The van der Waals surface area contributed by atoms with Crippen LogP contribution in [0.25, 0.3) is 0 Å². The molecule has 1 N–H and O–H groups in total. The van der Waals surface area contributed by atoms with Gasteiger partial charge in [-0.3, -0.25) is 4.90 Å². The summed E-state index contributed by atoms with van der Waals surface area (Å²) in [7, 11) is 0. The first kappa shape index (κ1) is 14.6. The van der Waals surface area contributed by atoms with Crippen LogP contribution in [0.3, 0.4) is 0 Å². The highest BCUT2D eigenvalue weighted by molar-refractivity contribution is 7.09. The van der Waals surface area contributed by atoms with E-state index >= 15 is 0 Å². The SMILES string of the molecule is CC(C)(C)C1CN(Cc2cccs2)C2(CCCC2)CN1. The normalized spacial score (nSPS) is 27.2. The third-order valence-corrected chi connectivity index (χ3v) is 6.12. The molecule has 1 atom stereocenters. The number of thiophene rings is 1. The predicted octanol–water partition coefficient (Wildman–Crippen LogP) is 3.88. The molecule has 112 valence electrons. The van der Waals surface area contributed by atoms with Crippen LogP contribution >= 0.6 is 11.3 Å². The number of nitrogens with one attached hydrogen (secondary N) is 1. The monoisotopic (exact) mass is 292 g/mol. The largest absolute Gasteiger partial charge is 0.310 e. The van der Waals surface area contributed by atoms with Crippen molar-refractivity contribution < 1.29 is 0 Å². The number of hydrogen-bond donors (Lipinski definition) is 1. The van der Waals surface area contributed by atoms with Crippen LogP contribution in [0.15, 0.2) is 17.5 Å². The van der Waals surface area contributed by atoms with Crippen LogP contribution in [-0.2, 0) is 6.54 Å². The van der Waals surface area contributed by atoms with Crippen LogP contribution in [0.5, 0.6) is 0 Å². The lowest BCUT2D eigenvalue weighted by atomic mass is 9.81. The summed E-state index contributed by atoms with van der Waals surface area (Å²) in [4.78, 5) is 4.32. The van der Waals surface area contributed by atoms with Gasteiger partial charge in [0.05, 0.1) is 0 Å². The number of rotatable bonds is 2. The van der Waals surface area contributed by atoms with Crippen molar-refractivity contribution in [2.45, 2.75) is 64.6 Å². The van der Waals surface area contributed by atoms with E-state index < -0.39 is 0 Å². The highest BCUT2D eigenvalue weighted by Crippen LogP contribution is 2.40. The maximum absolute atomic E-state index is 3.86. The minimum Gasteiger partial charge on any atom is -0.310 e. The van der Waals surface area contributed by atoms with Crippen molar-refractivity contribution in [3.63, 3.8) is 0 Å². The highest BCUT2D eigenvalue weighted by atomic mass is 32.1. The van der Waals surface area contributed by atoms with E-state index in [1.54, 1.807) is 0 Å². The number of nitrogens with zero attached hydrogens (tertiary/aromatic N) is 1. The fraction of sp³-hybridized carbons (Fsp3) is 0.765. The average molecular weight is 292 g/mol. The second kappa shape index (κ2) is 5.43. The molecule has 1 aliphatic carbocycles. The lowest BCUT2D eigenvalue weighted by Gasteiger charge is -2.51. The minimum atomic E-state index is 0.341. The summed E-state index contributed by atoms with van der Waals surface area (Å²) in [6, 6.07) is 5.08. The molecule has 2 nitrogen and oxygen atoms in total. The van der Waals surface area contributed by atoms with Gasteiger partial charge in [0.1, 0.15) is 0 Å². The maximum Gasteiger partial charge on any atom is 0.0338 e. The second-order valence-electron chi connectivity index (χ2n) is 7.69. The Morgan fingerprint density at radius 3 is 2.70 bits per heavy atom. The highest BCUT2D eigenvalue weighted by Gasteiger charge is 2.45. The van der Waals surface area contributed by atoms with Crippen LogP contribution in [0.1, 0.15) is 51.3 Å². The Hall–Kier alpha value is -0.380. The molecule has 1 spiro atoms. The molecule has 0 amide bonds. The third-order valence-electron chi connectivity index (χ3n) is 5.26. The Balaban J connectivity index is 1.79. The molecule has 1 saturated heterocycles. The zero-order valence-corrected chi connectivity index (χ0v) is 13.9. The Morgan fingerprint density at radius 1 is 1.35 bits per heavy atom. The summed E-state index contributed by atoms with van der Waals surface area (Å²) in [5.74, 6) is 0. The van der Waals surface area contributed by atoms with E-state index in [2.05, 4.69) is 48.5 Å². The summed E-state index contributed by atoms with van der Waals surface area (Å²) in [6.07, 6.45) is 5.57. The summed E-state index contributed by atoms with van der Waals surface area (Å²) in [5.41, 5.74) is 0.777. The van der Waals surface area contributed by atoms with E-state index in [1.807, 2.05) is 11.3 Å². The number of piperazine rings is 1. The fourth-order valence-corrected chi connectivity index (χ4v) is 4.55. The summed E-state index contributed by atoms with van der Waals surface area (Å²) < 4.78 is 0. The van der Waals surface area contributed by atoms with Crippen LogP contribution in [-0.4, -0.2) is 29.6 Å². The molecule has 1 aromatic heterocycles. The molecule has 2 aliphatic rings. The van der Waals surface area contributed by atoms with Gasteiger partial charge in [-0.05, 0) is 29.7 Å². The summed E-state index contributed by atoms with van der Waals surface area (Å²) in [6.45, 7) is 10.6. The van der Waals surface area contributed by atoms with E-state index in [0.717, 1.165) is 6.54 Å². The molecule has 1 aliphatic heterocycles. The fourth-order valence-electron chi connectivity index (χ4n) is 3.83. The Kier molecular flexibility index (Phi) is 3.95. The zero-order valence-electron chi connectivity index (χ0n) is 13.1. The molecule has 1 saturated carbocycles. The first-order chi connectivity index (χ1) is 9.50. The Labute approximate surface area is 127 Å². The van der Waals surface area contributed by atoms with Gasteiger partial charge in [0, 0.05) is 36.1 Å². The van der Waals surface area contributed by atoms with Gasteiger partial charge in [-0.1, -0.05) is 39.7 Å². The second-order valence-corrected chi connectivity index (χ2v) is 8.72. The topological polar surface area (TPSA) is 15.3 Å². The van der Waals surface area contributed by atoms with Crippen LogP contribution in [0.4, 0.5) is 0 Å². The quantitative estimate of drug-likeness (QED) is 0.890. The zero-order chi connectivity index (χ0) is 14.2. The van der Waals surface area contributed by atoms with Crippen LogP contribution < -0.4 is 5.32 Å². The lowest BCUT2D eigenvalue weighted by Crippen LogP contribution is -2.65. The van der Waals surface area contributed by atoms with E-state index in [0.29, 0.717) is 17.0 Å². The average Bonchev–Trinajstić information content (AvgIpc) is 3.02. The third kappa shape index (κ3) is 2.81. The summed E-state index contributed by atoms with van der Waals surface area (Å²) in [5, 5.41) is 6.07. The number of hydrogen-bond acceptors (Lipinski definition) is 3. The molecular weight excluding hydrogens is 264 g/mol. The molecule has 1 unspecified atom stereocenters. The van der Waals surface area contributed by atoms with Crippen molar-refractivity contribution in [1.82, 2.24) is 10.2 Å². The van der Waals surface area contributed by atoms with Crippen LogP contribution in [0, 0.1) is 5.41 Å². The van der Waals surface area contributed by atoms with Crippen molar-refractivity contribution in [1.29, 1.82) is 0 Å². The molecule has 1 aromatic rings. The van der Waals surface area contributed by atoms with Gasteiger partial charge in [0.25, 0.3) is 0 Å². The van der Waals surface area contributed by atoms with Gasteiger partial charge < -0.3 is 5.32 Å². The first-order valence-corrected chi connectivity index (χ1v) is 8.88. The van der Waals surface area contributed by atoms with Gasteiger partial charge in [0.2, 0.25) is 0 Å². The molecule has 2 fully saturated rings. The van der Waals surface area contributed by atoms with E-state index in [9.17, 15) is 0 Å². The van der Waals surface area contributed by atoms with Gasteiger partial charge >= 0.3 is 0 Å². The first-order valence-electron chi connectivity index (χ1n) is 8.00. The van der Waals surface area contributed by atoms with Gasteiger partial charge in [0.15, 0.2) is 0 Å². The van der Waals surface area contributed by atoms with Crippen LogP contribution in [0.2, 0.25) is 0 Å². The lowest BCUT2D eigenvalue weighted by molar-refractivity contribution is 0.0115. The molecule has 2 heterocycles. The predicted molar refractivity (Wildman–Crippen MR) is 87.2 cm³/mol. The van der Waals surface area contributed by atoms with Gasteiger partial charge in [-0.15, -0.1) is 11.3 Å². The molecule has 0 aromatic carbocycles. The standard InChI is InChI=1S/C17H28N2S/c1-16(2,3)15-12-19(11-14-7-6-10-20-14)17(13-18-15)8-4-5-9-17/h6-7,10,15,18H,4-5,8-9,11-13H2,1-3H3. The molecule has 20 heavy (non-hydrogen) atoms. The molecular formula is C17H28N2S. The Morgan fingerprint density at radius 2 is 2.10 bits per heavy atom. The van der Waals surface area contributed by atoms with Crippen molar-refractivity contribution in [2.75, 3.05) is 13.1 Å². The van der Waals surface area contributed by atoms with Crippen molar-refractivity contribution >= 4 is 11.3 Å². The van der Waals surface area contributed by atoms with E-state index in [4.69, 9.17) is 0 Å². The molecule has 3 heteroatoms. The minimum absolute atomic E-state index is 0.341. The molecule has 0 radical (unpaired) electrons. The van der Waals surface area contributed by atoms with Crippen molar-refractivity contribution in [3.05, 3.63) is 22.4 Å².